The standard InChI is InChI=1S/C13H19N5O2/c1-9(19)16-6-10-5-15-7-11(17-10)12-3-2-4-18(12)8-13(14)20/h5,7,12H,2-4,6,8H2,1H3,(H2,14,20)(H,16,19). The number of hydrogen-bond acceptors (Lipinski definition) is 5. The van der Waals surface area contributed by atoms with Crippen LogP contribution in [0.15, 0.2) is 12.4 Å². The fraction of sp³-hybridized carbons (Fsp3) is 0.538. The van der Waals surface area contributed by atoms with Crippen LogP contribution in [0.25, 0.3) is 0 Å². The second kappa shape index (κ2) is 6.42. The Labute approximate surface area is 117 Å². The third kappa shape index (κ3) is 3.74. The van der Waals surface area contributed by atoms with Crippen LogP contribution < -0.4 is 11.1 Å². The summed E-state index contributed by atoms with van der Waals surface area (Å²) < 4.78 is 0. The van der Waals surface area contributed by atoms with Crippen molar-refractivity contribution in [3.63, 3.8) is 0 Å². The van der Waals surface area contributed by atoms with Gasteiger partial charge in [-0.2, -0.15) is 0 Å². The lowest BCUT2D eigenvalue weighted by molar-refractivity contribution is -0.120. The zero-order valence-electron chi connectivity index (χ0n) is 11.5. The van der Waals surface area contributed by atoms with Crippen LogP contribution in [0.4, 0.5) is 0 Å². The number of amides is 2. The van der Waals surface area contributed by atoms with Gasteiger partial charge in [0.1, 0.15) is 0 Å². The predicted molar refractivity (Wildman–Crippen MR) is 72.3 cm³/mol. The summed E-state index contributed by atoms with van der Waals surface area (Å²) in [6.45, 7) is 2.90. The van der Waals surface area contributed by atoms with Gasteiger partial charge in [0.2, 0.25) is 11.8 Å². The molecular weight excluding hydrogens is 258 g/mol. The molecule has 1 saturated heterocycles. The monoisotopic (exact) mass is 277 g/mol. The minimum absolute atomic E-state index is 0.0762. The molecule has 0 aliphatic carbocycles. The van der Waals surface area contributed by atoms with E-state index in [0.29, 0.717) is 12.2 Å². The Morgan fingerprint density at radius 2 is 2.30 bits per heavy atom. The SMILES string of the molecule is CC(=O)NCc1cncc(C2CCCN2CC(N)=O)n1. The minimum atomic E-state index is -0.334. The summed E-state index contributed by atoms with van der Waals surface area (Å²) in [5.74, 6) is -0.437. The number of nitrogens with one attached hydrogen (secondary N) is 1. The van der Waals surface area contributed by atoms with Crippen LogP contribution >= 0.6 is 0 Å². The number of rotatable bonds is 5. The van der Waals surface area contributed by atoms with Crippen molar-refractivity contribution in [1.29, 1.82) is 0 Å². The highest BCUT2D eigenvalue weighted by Crippen LogP contribution is 2.29. The van der Waals surface area contributed by atoms with Crippen molar-refractivity contribution < 1.29 is 9.59 Å². The summed E-state index contributed by atoms with van der Waals surface area (Å²) in [6, 6.07) is 0.0762. The first kappa shape index (κ1) is 14.4. The van der Waals surface area contributed by atoms with Crippen molar-refractivity contribution in [2.45, 2.75) is 32.4 Å². The van der Waals surface area contributed by atoms with Crippen LogP contribution in [0.3, 0.4) is 0 Å². The minimum Gasteiger partial charge on any atom is -0.369 e. The molecule has 0 aromatic carbocycles. The normalized spacial score (nSPS) is 18.9. The summed E-state index contributed by atoms with van der Waals surface area (Å²) in [5, 5.41) is 2.69. The molecule has 1 aromatic rings. The number of likely N-dealkylation sites (tertiary alicyclic amines) is 1. The molecule has 2 heterocycles. The number of hydrogen-bond donors (Lipinski definition) is 2. The van der Waals surface area contributed by atoms with Crippen LogP contribution in [0.2, 0.25) is 0 Å². The van der Waals surface area contributed by atoms with Crippen LogP contribution in [0.5, 0.6) is 0 Å². The Hall–Kier alpha value is -2.02. The average Bonchev–Trinajstić information content (AvgIpc) is 2.84. The lowest BCUT2D eigenvalue weighted by Crippen LogP contribution is -2.33. The van der Waals surface area contributed by atoms with Gasteiger partial charge in [0.25, 0.3) is 0 Å². The second-order valence-electron chi connectivity index (χ2n) is 4.94. The van der Waals surface area contributed by atoms with Crippen molar-refractivity contribution in [3.05, 3.63) is 23.8 Å². The third-order valence-electron chi connectivity index (χ3n) is 3.29. The van der Waals surface area contributed by atoms with E-state index in [1.807, 2.05) is 4.90 Å². The molecule has 1 aliphatic rings. The largest absolute Gasteiger partial charge is 0.369 e. The molecule has 3 N–H and O–H groups in total. The number of nitrogens with zero attached hydrogens (tertiary/aromatic N) is 3. The first-order valence-corrected chi connectivity index (χ1v) is 6.64. The summed E-state index contributed by atoms with van der Waals surface area (Å²) in [6.07, 6.45) is 5.29. The van der Waals surface area contributed by atoms with Crippen molar-refractivity contribution in [3.8, 4) is 0 Å². The van der Waals surface area contributed by atoms with Crippen LogP contribution in [0, 0.1) is 0 Å². The molecule has 1 atom stereocenters. The molecule has 1 aromatic heterocycles. The molecule has 7 nitrogen and oxygen atoms in total. The molecule has 0 radical (unpaired) electrons. The van der Waals surface area contributed by atoms with Gasteiger partial charge >= 0.3 is 0 Å². The van der Waals surface area contributed by atoms with Crippen LogP contribution in [-0.2, 0) is 16.1 Å². The van der Waals surface area contributed by atoms with Gasteiger partial charge in [0.15, 0.2) is 0 Å². The van der Waals surface area contributed by atoms with E-state index in [2.05, 4.69) is 15.3 Å². The summed E-state index contributed by atoms with van der Waals surface area (Å²) in [7, 11) is 0. The van der Waals surface area contributed by atoms with E-state index in [1.165, 1.54) is 6.92 Å². The van der Waals surface area contributed by atoms with Crippen molar-refractivity contribution in [2.24, 2.45) is 5.73 Å². The van der Waals surface area contributed by atoms with Gasteiger partial charge in [-0.25, -0.2) is 0 Å². The Balaban J connectivity index is 2.09. The fourth-order valence-electron chi connectivity index (χ4n) is 2.43. The van der Waals surface area contributed by atoms with E-state index in [0.717, 1.165) is 25.1 Å². The van der Waals surface area contributed by atoms with Crippen molar-refractivity contribution in [2.75, 3.05) is 13.1 Å². The molecule has 1 fully saturated rings. The maximum Gasteiger partial charge on any atom is 0.231 e. The molecule has 1 aliphatic heterocycles. The Bertz CT molecular complexity index is 505. The predicted octanol–water partition coefficient (Wildman–Crippen LogP) is -0.265. The molecule has 0 bridgehead atoms. The van der Waals surface area contributed by atoms with Gasteiger partial charge < -0.3 is 11.1 Å². The lowest BCUT2D eigenvalue weighted by atomic mass is 10.1. The highest BCUT2D eigenvalue weighted by Gasteiger charge is 2.28. The molecule has 0 spiro atoms. The number of carbonyl (C=O) groups is 2. The molecular formula is C13H19N5O2. The summed E-state index contributed by atoms with van der Waals surface area (Å²) in [4.78, 5) is 32.7. The van der Waals surface area contributed by atoms with Gasteiger partial charge in [-0.15, -0.1) is 0 Å². The van der Waals surface area contributed by atoms with Gasteiger partial charge in [0.05, 0.1) is 42.9 Å². The molecule has 0 saturated carbocycles. The lowest BCUT2D eigenvalue weighted by Gasteiger charge is -2.22. The first-order chi connectivity index (χ1) is 9.56. The quantitative estimate of drug-likeness (QED) is 0.772. The van der Waals surface area contributed by atoms with Crippen molar-refractivity contribution >= 4 is 11.8 Å². The van der Waals surface area contributed by atoms with Gasteiger partial charge in [-0.05, 0) is 19.4 Å². The first-order valence-electron chi connectivity index (χ1n) is 6.64. The molecule has 108 valence electrons. The second-order valence-corrected chi connectivity index (χ2v) is 4.94. The number of aromatic nitrogens is 2. The molecule has 7 heteroatoms. The molecule has 2 rings (SSSR count). The smallest absolute Gasteiger partial charge is 0.231 e. The van der Waals surface area contributed by atoms with E-state index in [4.69, 9.17) is 5.73 Å². The van der Waals surface area contributed by atoms with Gasteiger partial charge in [-0.3, -0.25) is 24.5 Å². The van der Waals surface area contributed by atoms with Gasteiger partial charge in [-0.1, -0.05) is 0 Å². The van der Waals surface area contributed by atoms with E-state index in [9.17, 15) is 9.59 Å². The van der Waals surface area contributed by atoms with Gasteiger partial charge in [0, 0.05) is 6.92 Å². The number of carbonyl (C=O) groups excluding carboxylic acids is 2. The zero-order chi connectivity index (χ0) is 14.5. The van der Waals surface area contributed by atoms with E-state index < -0.39 is 0 Å². The Morgan fingerprint density at radius 3 is 3.00 bits per heavy atom. The molecule has 1 unspecified atom stereocenters. The Morgan fingerprint density at radius 1 is 1.50 bits per heavy atom. The number of nitrogens with two attached hydrogens (primary N) is 1. The fourth-order valence-corrected chi connectivity index (χ4v) is 2.43. The summed E-state index contributed by atoms with van der Waals surface area (Å²) in [5.41, 5.74) is 6.80. The highest BCUT2D eigenvalue weighted by atomic mass is 16.1. The van der Waals surface area contributed by atoms with E-state index >= 15 is 0 Å². The average molecular weight is 277 g/mol. The van der Waals surface area contributed by atoms with E-state index in [1.54, 1.807) is 12.4 Å². The van der Waals surface area contributed by atoms with Crippen LogP contribution in [0.1, 0.15) is 37.2 Å². The third-order valence-corrected chi connectivity index (χ3v) is 3.29. The van der Waals surface area contributed by atoms with E-state index in [-0.39, 0.29) is 24.4 Å². The zero-order valence-corrected chi connectivity index (χ0v) is 11.5. The number of primary amides is 1. The highest BCUT2D eigenvalue weighted by molar-refractivity contribution is 5.76. The van der Waals surface area contributed by atoms with Crippen molar-refractivity contribution in [1.82, 2.24) is 20.2 Å². The maximum atomic E-state index is 11.1. The molecule has 2 amide bonds. The van der Waals surface area contributed by atoms with Crippen LogP contribution in [-0.4, -0.2) is 39.8 Å². The topological polar surface area (TPSA) is 101 Å². The summed E-state index contributed by atoms with van der Waals surface area (Å²) >= 11 is 0. The molecule has 20 heavy (non-hydrogen) atoms. The maximum absolute atomic E-state index is 11.1. The Kier molecular flexibility index (Phi) is 4.62.